The van der Waals surface area contributed by atoms with Gasteiger partial charge in [0.05, 0.1) is 5.60 Å². The number of aliphatic hydroxyl groups is 2. The molecule has 0 saturated carbocycles. The molecule has 2 N–H and O–H groups in total. The fraction of sp³-hybridized carbons (Fsp3) is 0.571. The zero-order valence-electron chi connectivity index (χ0n) is 10.6. The Labute approximate surface area is 97.9 Å². The molecule has 0 amide bonds. The lowest BCUT2D eigenvalue weighted by molar-refractivity contribution is -0.147. The zero-order chi connectivity index (χ0) is 12.4. The highest BCUT2D eigenvalue weighted by Gasteiger charge is 2.43. The average Bonchev–Trinajstić information content (AvgIpc) is 2.16. The molecule has 1 aromatic rings. The van der Waals surface area contributed by atoms with E-state index in [1.807, 2.05) is 44.2 Å². The molecule has 2 heteroatoms. The third kappa shape index (κ3) is 2.63. The Morgan fingerprint density at radius 3 is 1.94 bits per heavy atom. The summed E-state index contributed by atoms with van der Waals surface area (Å²) in [5, 5.41) is 20.9. The summed E-state index contributed by atoms with van der Waals surface area (Å²) in [5.41, 5.74) is -1.57. The SMILES string of the molecule is CC(C)CC(O)(c1ccccc1)C(C)(C)O. The first kappa shape index (κ1) is 13.2. The molecule has 1 aromatic carbocycles. The molecule has 0 aliphatic rings. The minimum absolute atomic E-state index is 0.316. The van der Waals surface area contributed by atoms with Gasteiger partial charge in [-0.15, -0.1) is 0 Å². The van der Waals surface area contributed by atoms with E-state index in [4.69, 9.17) is 0 Å². The van der Waals surface area contributed by atoms with Gasteiger partial charge in [0, 0.05) is 0 Å². The molecule has 0 heterocycles. The largest absolute Gasteiger partial charge is 0.387 e. The minimum atomic E-state index is -1.19. The first-order valence-corrected chi connectivity index (χ1v) is 5.77. The molecule has 0 aromatic heterocycles. The van der Waals surface area contributed by atoms with Crippen LogP contribution in [0.5, 0.6) is 0 Å². The van der Waals surface area contributed by atoms with E-state index < -0.39 is 11.2 Å². The van der Waals surface area contributed by atoms with Crippen LogP contribution in [0.25, 0.3) is 0 Å². The third-order valence-electron chi connectivity index (χ3n) is 2.97. The first-order chi connectivity index (χ1) is 7.27. The van der Waals surface area contributed by atoms with Crippen LogP contribution >= 0.6 is 0 Å². The molecule has 90 valence electrons. The molecule has 0 bridgehead atoms. The minimum Gasteiger partial charge on any atom is -0.387 e. The number of hydrogen-bond donors (Lipinski definition) is 2. The number of rotatable bonds is 4. The summed E-state index contributed by atoms with van der Waals surface area (Å²) in [6.45, 7) is 7.39. The van der Waals surface area contributed by atoms with Crippen molar-refractivity contribution >= 4 is 0 Å². The van der Waals surface area contributed by atoms with Gasteiger partial charge in [-0.1, -0.05) is 44.2 Å². The van der Waals surface area contributed by atoms with Crippen LogP contribution in [0.4, 0.5) is 0 Å². The quantitative estimate of drug-likeness (QED) is 0.822. The van der Waals surface area contributed by atoms with Crippen LogP contribution < -0.4 is 0 Å². The summed E-state index contributed by atoms with van der Waals surface area (Å²) in [6, 6.07) is 9.39. The summed E-state index contributed by atoms with van der Waals surface area (Å²) in [4.78, 5) is 0. The molecule has 0 saturated heterocycles. The lowest BCUT2D eigenvalue weighted by Crippen LogP contribution is -2.48. The smallest absolute Gasteiger partial charge is 0.118 e. The Morgan fingerprint density at radius 1 is 1.06 bits per heavy atom. The standard InChI is InChI=1S/C14H22O2/c1-11(2)10-14(16,13(3,4)15)12-8-6-5-7-9-12/h5-9,11,15-16H,10H2,1-4H3. The lowest BCUT2D eigenvalue weighted by Gasteiger charge is -2.40. The normalized spacial score (nSPS) is 16.2. The second-order valence-corrected chi connectivity index (χ2v) is 5.38. The van der Waals surface area contributed by atoms with Crippen molar-refractivity contribution in [1.29, 1.82) is 0 Å². The molecule has 0 spiro atoms. The molecule has 0 radical (unpaired) electrons. The second kappa shape index (κ2) is 4.56. The molecular weight excluding hydrogens is 200 g/mol. The Morgan fingerprint density at radius 2 is 1.56 bits per heavy atom. The summed E-state index contributed by atoms with van der Waals surface area (Å²) >= 11 is 0. The maximum Gasteiger partial charge on any atom is 0.118 e. The van der Waals surface area contributed by atoms with Crippen molar-refractivity contribution in [2.75, 3.05) is 0 Å². The van der Waals surface area contributed by atoms with Crippen molar-refractivity contribution in [1.82, 2.24) is 0 Å². The Hall–Kier alpha value is -0.860. The monoisotopic (exact) mass is 222 g/mol. The predicted octanol–water partition coefficient (Wildman–Crippen LogP) is 2.69. The van der Waals surface area contributed by atoms with Crippen LogP contribution in [-0.4, -0.2) is 15.8 Å². The van der Waals surface area contributed by atoms with Gasteiger partial charge in [-0.3, -0.25) is 0 Å². The number of hydrogen-bond acceptors (Lipinski definition) is 2. The molecule has 0 fully saturated rings. The van der Waals surface area contributed by atoms with Crippen LogP contribution in [0.2, 0.25) is 0 Å². The highest BCUT2D eigenvalue weighted by Crippen LogP contribution is 2.38. The topological polar surface area (TPSA) is 40.5 Å². The third-order valence-corrected chi connectivity index (χ3v) is 2.97. The van der Waals surface area contributed by atoms with Gasteiger partial charge >= 0.3 is 0 Å². The predicted molar refractivity (Wildman–Crippen MR) is 66.1 cm³/mol. The lowest BCUT2D eigenvalue weighted by atomic mass is 9.75. The summed E-state index contributed by atoms with van der Waals surface area (Å²) in [7, 11) is 0. The van der Waals surface area contributed by atoms with Crippen LogP contribution in [0, 0.1) is 5.92 Å². The number of benzene rings is 1. The van der Waals surface area contributed by atoms with Crippen molar-refractivity contribution in [3.63, 3.8) is 0 Å². The molecule has 2 nitrogen and oxygen atoms in total. The van der Waals surface area contributed by atoms with Crippen LogP contribution in [0.1, 0.15) is 39.7 Å². The van der Waals surface area contributed by atoms with Gasteiger partial charge in [-0.25, -0.2) is 0 Å². The van der Waals surface area contributed by atoms with Crippen LogP contribution in [0.3, 0.4) is 0 Å². The first-order valence-electron chi connectivity index (χ1n) is 5.77. The highest BCUT2D eigenvalue weighted by atomic mass is 16.4. The molecule has 16 heavy (non-hydrogen) atoms. The fourth-order valence-corrected chi connectivity index (χ4v) is 2.03. The van der Waals surface area contributed by atoms with E-state index in [0.717, 1.165) is 5.56 Å². The van der Waals surface area contributed by atoms with Gasteiger partial charge in [-0.2, -0.15) is 0 Å². The summed E-state index contributed by atoms with van der Waals surface area (Å²) in [5.74, 6) is 0.316. The maximum atomic E-state index is 10.7. The van der Waals surface area contributed by atoms with Crippen molar-refractivity contribution in [2.24, 2.45) is 5.92 Å². The van der Waals surface area contributed by atoms with Crippen molar-refractivity contribution in [3.05, 3.63) is 35.9 Å². The molecular formula is C14H22O2. The molecule has 0 aliphatic carbocycles. The van der Waals surface area contributed by atoms with Gasteiger partial charge in [-0.05, 0) is 31.7 Å². The van der Waals surface area contributed by atoms with Crippen LogP contribution in [0.15, 0.2) is 30.3 Å². The average molecular weight is 222 g/mol. The van der Waals surface area contributed by atoms with E-state index in [0.29, 0.717) is 12.3 Å². The van der Waals surface area contributed by atoms with E-state index in [1.54, 1.807) is 13.8 Å². The molecule has 1 atom stereocenters. The van der Waals surface area contributed by atoms with Gasteiger partial charge in [0.25, 0.3) is 0 Å². The van der Waals surface area contributed by atoms with Gasteiger partial charge < -0.3 is 10.2 Å². The fourth-order valence-electron chi connectivity index (χ4n) is 2.03. The van der Waals surface area contributed by atoms with Crippen LogP contribution in [-0.2, 0) is 5.60 Å². The van der Waals surface area contributed by atoms with E-state index in [1.165, 1.54) is 0 Å². The summed E-state index contributed by atoms with van der Waals surface area (Å²) in [6.07, 6.45) is 0.542. The van der Waals surface area contributed by atoms with Crippen molar-refractivity contribution < 1.29 is 10.2 Å². The van der Waals surface area contributed by atoms with E-state index in [-0.39, 0.29) is 0 Å². The second-order valence-electron chi connectivity index (χ2n) is 5.38. The summed E-state index contributed by atoms with van der Waals surface area (Å²) < 4.78 is 0. The van der Waals surface area contributed by atoms with Crippen molar-refractivity contribution in [3.8, 4) is 0 Å². The Balaban J connectivity index is 3.16. The Bertz CT molecular complexity index is 324. The zero-order valence-corrected chi connectivity index (χ0v) is 10.6. The van der Waals surface area contributed by atoms with E-state index in [9.17, 15) is 10.2 Å². The molecule has 1 unspecified atom stereocenters. The molecule has 0 aliphatic heterocycles. The van der Waals surface area contributed by atoms with Crippen molar-refractivity contribution in [2.45, 2.75) is 45.3 Å². The van der Waals surface area contributed by atoms with Gasteiger partial charge in [0.15, 0.2) is 0 Å². The van der Waals surface area contributed by atoms with Gasteiger partial charge in [0.1, 0.15) is 5.60 Å². The maximum absolute atomic E-state index is 10.7. The Kier molecular flexibility index (Phi) is 3.76. The highest BCUT2D eigenvalue weighted by molar-refractivity contribution is 5.25. The van der Waals surface area contributed by atoms with E-state index >= 15 is 0 Å². The van der Waals surface area contributed by atoms with Gasteiger partial charge in [0.2, 0.25) is 0 Å². The molecule has 1 rings (SSSR count). The van der Waals surface area contributed by atoms with E-state index in [2.05, 4.69) is 0 Å².